The number of hydrogen-bond donors (Lipinski definition) is 2. The molecule has 31 heavy (non-hydrogen) atoms. The molecule has 1 unspecified atom stereocenters. The van der Waals surface area contributed by atoms with Gasteiger partial charge in [0.05, 0.1) is 11.4 Å². The van der Waals surface area contributed by atoms with E-state index in [1.807, 2.05) is 36.4 Å². The maximum absolute atomic E-state index is 12.1. The molecule has 0 radical (unpaired) electrons. The molecule has 0 aliphatic carbocycles. The number of benzene rings is 2. The highest BCUT2D eigenvalue weighted by Crippen LogP contribution is 2.28. The van der Waals surface area contributed by atoms with Crippen LogP contribution in [-0.4, -0.2) is 48.0 Å². The van der Waals surface area contributed by atoms with E-state index in [9.17, 15) is 4.79 Å². The van der Waals surface area contributed by atoms with E-state index in [1.54, 1.807) is 31.1 Å². The zero-order chi connectivity index (χ0) is 21.8. The Morgan fingerprint density at radius 1 is 1.10 bits per heavy atom. The number of nitrogens with one attached hydrogen (secondary N) is 2. The molecule has 1 atom stereocenters. The third-order valence-electron chi connectivity index (χ3n) is 5.40. The Morgan fingerprint density at radius 2 is 1.84 bits per heavy atom. The molecular weight excluding hydrogens is 410 g/mol. The molecule has 7 heteroatoms. The zero-order valence-corrected chi connectivity index (χ0v) is 18.5. The number of anilines is 2. The summed E-state index contributed by atoms with van der Waals surface area (Å²) in [5.41, 5.74) is 4.34. The van der Waals surface area contributed by atoms with E-state index in [1.165, 1.54) is 0 Å². The van der Waals surface area contributed by atoms with Crippen molar-refractivity contribution >= 4 is 29.1 Å². The van der Waals surface area contributed by atoms with Gasteiger partial charge < -0.3 is 15.5 Å². The molecule has 0 bridgehead atoms. The molecule has 4 rings (SSSR count). The normalized spacial score (nSPS) is 16.0. The summed E-state index contributed by atoms with van der Waals surface area (Å²) < 4.78 is 0. The van der Waals surface area contributed by atoms with Gasteiger partial charge in [-0.15, -0.1) is 0 Å². The van der Waals surface area contributed by atoms with Crippen LogP contribution < -0.4 is 10.6 Å². The molecule has 1 aromatic heterocycles. The Labute approximate surface area is 187 Å². The van der Waals surface area contributed by atoms with Gasteiger partial charge in [0.25, 0.3) is 5.91 Å². The fraction of sp³-hybridized carbons (Fsp3) is 0.292. The first kappa shape index (κ1) is 21.3. The molecule has 1 saturated heterocycles. The van der Waals surface area contributed by atoms with Crippen molar-refractivity contribution in [1.82, 2.24) is 20.2 Å². The Morgan fingerprint density at radius 3 is 2.48 bits per heavy atom. The van der Waals surface area contributed by atoms with Gasteiger partial charge in [0.1, 0.15) is 0 Å². The van der Waals surface area contributed by atoms with Gasteiger partial charge in [-0.3, -0.25) is 4.79 Å². The van der Waals surface area contributed by atoms with Gasteiger partial charge in [-0.2, -0.15) is 0 Å². The molecule has 1 aliphatic rings. The minimum atomic E-state index is -0.0281. The quantitative estimate of drug-likeness (QED) is 0.607. The van der Waals surface area contributed by atoms with Crippen molar-refractivity contribution < 1.29 is 4.79 Å². The fourth-order valence-electron chi connectivity index (χ4n) is 3.69. The van der Waals surface area contributed by atoms with E-state index < -0.39 is 0 Å². The van der Waals surface area contributed by atoms with Crippen LogP contribution in [0.1, 0.15) is 34.8 Å². The van der Waals surface area contributed by atoms with Gasteiger partial charge in [0, 0.05) is 48.4 Å². The maximum Gasteiger partial charge on any atom is 0.253 e. The molecule has 2 N–H and O–H groups in total. The Hall–Kier alpha value is -2.96. The molecule has 1 amide bonds. The van der Waals surface area contributed by atoms with Crippen molar-refractivity contribution in [2.24, 2.45) is 0 Å². The van der Waals surface area contributed by atoms with Crippen LogP contribution in [0.15, 0.2) is 54.6 Å². The second-order valence-electron chi connectivity index (χ2n) is 7.95. The van der Waals surface area contributed by atoms with Gasteiger partial charge in [-0.1, -0.05) is 23.7 Å². The van der Waals surface area contributed by atoms with E-state index in [-0.39, 0.29) is 5.91 Å². The van der Waals surface area contributed by atoms with Gasteiger partial charge in [-0.25, -0.2) is 9.97 Å². The first-order chi connectivity index (χ1) is 15.0. The molecule has 6 nitrogen and oxygen atoms in total. The Balaban J connectivity index is 1.65. The predicted octanol–water partition coefficient (Wildman–Crippen LogP) is 4.71. The molecule has 2 aromatic carbocycles. The van der Waals surface area contributed by atoms with Gasteiger partial charge in [0.15, 0.2) is 0 Å². The fourth-order valence-corrected chi connectivity index (χ4v) is 3.81. The number of hydrogen-bond acceptors (Lipinski definition) is 5. The second-order valence-corrected chi connectivity index (χ2v) is 8.39. The van der Waals surface area contributed by atoms with E-state index in [0.29, 0.717) is 22.5 Å². The number of carbonyl (C=O) groups is 1. The largest absolute Gasteiger partial charge is 0.345 e. The molecule has 1 fully saturated rings. The highest BCUT2D eigenvalue weighted by molar-refractivity contribution is 6.30. The van der Waals surface area contributed by atoms with Gasteiger partial charge >= 0.3 is 0 Å². The van der Waals surface area contributed by atoms with E-state index >= 15 is 0 Å². The van der Waals surface area contributed by atoms with E-state index in [4.69, 9.17) is 21.6 Å². The van der Waals surface area contributed by atoms with Crippen molar-refractivity contribution in [3.63, 3.8) is 0 Å². The van der Waals surface area contributed by atoms with Crippen molar-refractivity contribution in [2.45, 2.75) is 18.8 Å². The van der Waals surface area contributed by atoms with Crippen LogP contribution in [0, 0.1) is 0 Å². The summed E-state index contributed by atoms with van der Waals surface area (Å²) in [5.74, 6) is 0.864. The third-order valence-corrected chi connectivity index (χ3v) is 5.65. The summed E-state index contributed by atoms with van der Waals surface area (Å²) in [6.07, 6.45) is 2.24. The van der Waals surface area contributed by atoms with Crippen LogP contribution in [0.4, 0.5) is 11.6 Å². The first-order valence-corrected chi connectivity index (χ1v) is 10.8. The second kappa shape index (κ2) is 9.45. The molecule has 160 valence electrons. The van der Waals surface area contributed by atoms with Crippen LogP contribution in [-0.2, 0) is 0 Å². The van der Waals surface area contributed by atoms with Gasteiger partial charge in [0.2, 0.25) is 5.95 Å². The average Bonchev–Trinajstić information content (AvgIpc) is 2.80. The number of halogens is 1. The number of carbonyl (C=O) groups excluding carboxylic acids is 1. The molecule has 0 spiro atoms. The number of nitrogens with zero attached hydrogens (tertiary/aromatic N) is 3. The van der Waals surface area contributed by atoms with Crippen LogP contribution in [0.2, 0.25) is 5.02 Å². The van der Waals surface area contributed by atoms with Crippen molar-refractivity contribution in [1.29, 1.82) is 0 Å². The lowest BCUT2D eigenvalue weighted by atomic mass is 9.95. The first-order valence-electron chi connectivity index (χ1n) is 10.4. The maximum atomic E-state index is 12.1. The molecule has 3 aromatic rings. The van der Waals surface area contributed by atoms with E-state index in [2.05, 4.69) is 16.7 Å². The molecule has 1 aliphatic heterocycles. The lowest BCUT2D eigenvalue weighted by molar-refractivity contribution is 0.0827. The van der Waals surface area contributed by atoms with E-state index in [0.717, 1.165) is 48.6 Å². The molecule has 0 saturated carbocycles. The molecule has 2 heterocycles. The van der Waals surface area contributed by atoms with Crippen LogP contribution in [0.3, 0.4) is 0 Å². The predicted molar refractivity (Wildman–Crippen MR) is 125 cm³/mol. The minimum absolute atomic E-state index is 0.0281. The average molecular weight is 436 g/mol. The lowest BCUT2D eigenvalue weighted by Crippen LogP contribution is -2.29. The SMILES string of the molecule is CN(C)C(=O)c1ccc(Nc2nc(-c3ccc(Cl)cc3)cc(C3CCCNC3)n2)cc1. The van der Waals surface area contributed by atoms with Crippen LogP contribution >= 0.6 is 11.6 Å². The molecular formula is C24H26ClN5O. The highest BCUT2D eigenvalue weighted by atomic mass is 35.5. The van der Waals surface area contributed by atoms with Crippen molar-refractivity contribution in [2.75, 3.05) is 32.5 Å². The minimum Gasteiger partial charge on any atom is -0.345 e. The highest BCUT2D eigenvalue weighted by Gasteiger charge is 2.19. The zero-order valence-electron chi connectivity index (χ0n) is 17.7. The van der Waals surface area contributed by atoms with Gasteiger partial charge in [-0.05, 0) is 61.9 Å². The monoisotopic (exact) mass is 435 g/mol. The van der Waals surface area contributed by atoms with Crippen molar-refractivity contribution in [3.05, 3.63) is 70.9 Å². The van der Waals surface area contributed by atoms with Crippen LogP contribution in [0.5, 0.6) is 0 Å². The summed E-state index contributed by atoms with van der Waals surface area (Å²) in [7, 11) is 3.48. The topological polar surface area (TPSA) is 70.2 Å². The lowest BCUT2D eigenvalue weighted by Gasteiger charge is -2.23. The summed E-state index contributed by atoms with van der Waals surface area (Å²) in [6, 6.07) is 17.1. The Bertz CT molecular complexity index is 1040. The van der Waals surface area contributed by atoms with Crippen LogP contribution in [0.25, 0.3) is 11.3 Å². The standard InChI is InChI=1S/C24H26ClN5O/c1-30(2)23(31)17-7-11-20(12-8-17)27-24-28-21(16-5-9-19(25)10-6-16)14-22(29-24)18-4-3-13-26-15-18/h5-12,14,18,26H,3-4,13,15H2,1-2H3,(H,27,28,29). The summed E-state index contributed by atoms with van der Waals surface area (Å²) in [6.45, 7) is 1.96. The summed E-state index contributed by atoms with van der Waals surface area (Å²) >= 11 is 6.06. The summed E-state index contributed by atoms with van der Waals surface area (Å²) in [4.78, 5) is 23.3. The smallest absolute Gasteiger partial charge is 0.253 e. The third kappa shape index (κ3) is 5.21. The number of amides is 1. The number of piperidine rings is 1. The summed E-state index contributed by atoms with van der Waals surface area (Å²) in [5, 5.41) is 7.46. The van der Waals surface area contributed by atoms with Crippen molar-refractivity contribution in [3.8, 4) is 11.3 Å². The Kier molecular flexibility index (Phi) is 6.49. The number of rotatable bonds is 5. The number of aromatic nitrogens is 2.